The summed E-state index contributed by atoms with van der Waals surface area (Å²) in [4.78, 5) is 3.93. The van der Waals surface area contributed by atoms with Gasteiger partial charge in [-0.15, -0.1) is 0 Å². The molecule has 0 aliphatic rings. The lowest BCUT2D eigenvalue weighted by molar-refractivity contribution is 0.327. The van der Waals surface area contributed by atoms with E-state index in [0.717, 1.165) is 4.47 Å². The van der Waals surface area contributed by atoms with Gasteiger partial charge < -0.3 is 4.74 Å². The second kappa shape index (κ2) is 4.75. The highest BCUT2D eigenvalue weighted by atomic mass is 79.9. The second-order valence-corrected chi connectivity index (χ2v) is 5.97. The zero-order valence-corrected chi connectivity index (χ0v) is 10.0. The number of hydrogen-bond donors (Lipinski definition) is 0. The Labute approximate surface area is 91.4 Å². The first-order chi connectivity index (χ1) is 6.47. The van der Waals surface area contributed by atoms with Crippen LogP contribution in [-0.2, 0) is 9.84 Å². The molecule has 0 aliphatic heterocycles. The zero-order chi connectivity index (χ0) is 10.6. The minimum atomic E-state index is -2.96. The molecular formula is C8H10BrNO3S. The van der Waals surface area contributed by atoms with Gasteiger partial charge in [0.05, 0.1) is 5.75 Å². The summed E-state index contributed by atoms with van der Waals surface area (Å²) in [5.74, 6) is 0.432. The minimum Gasteiger partial charge on any atom is -0.477 e. The van der Waals surface area contributed by atoms with Crippen LogP contribution in [0.4, 0.5) is 0 Å². The Hall–Kier alpha value is -0.620. The van der Waals surface area contributed by atoms with Crippen molar-refractivity contribution in [1.29, 1.82) is 0 Å². The molecule has 6 heteroatoms. The molecule has 14 heavy (non-hydrogen) atoms. The normalized spacial score (nSPS) is 11.3. The van der Waals surface area contributed by atoms with Crippen molar-refractivity contribution in [2.75, 3.05) is 18.6 Å². The molecule has 0 aromatic carbocycles. The molecule has 0 unspecified atom stereocenters. The van der Waals surface area contributed by atoms with Crippen molar-refractivity contribution in [3.63, 3.8) is 0 Å². The Morgan fingerprint density at radius 1 is 1.50 bits per heavy atom. The first-order valence-corrected chi connectivity index (χ1v) is 6.75. The SMILES string of the molecule is CS(=O)(=O)CCOc1ccc(Br)cn1. The van der Waals surface area contributed by atoms with Crippen LogP contribution < -0.4 is 4.74 Å². The number of ether oxygens (including phenoxy) is 1. The van der Waals surface area contributed by atoms with E-state index in [-0.39, 0.29) is 12.4 Å². The molecule has 1 aromatic heterocycles. The van der Waals surface area contributed by atoms with Gasteiger partial charge in [0.1, 0.15) is 6.61 Å². The number of aromatic nitrogens is 1. The number of rotatable bonds is 4. The van der Waals surface area contributed by atoms with Gasteiger partial charge in [0.2, 0.25) is 5.88 Å². The maximum Gasteiger partial charge on any atom is 0.213 e. The molecule has 1 heterocycles. The van der Waals surface area contributed by atoms with E-state index in [4.69, 9.17) is 4.74 Å². The minimum absolute atomic E-state index is 0.00471. The van der Waals surface area contributed by atoms with Crippen LogP contribution in [0.3, 0.4) is 0 Å². The molecule has 1 rings (SSSR count). The van der Waals surface area contributed by atoms with Gasteiger partial charge in [0, 0.05) is 23.0 Å². The van der Waals surface area contributed by atoms with Gasteiger partial charge in [-0.2, -0.15) is 0 Å². The summed E-state index contributed by atoms with van der Waals surface area (Å²) >= 11 is 3.23. The highest BCUT2D eigenvalue weighted by Gasteiger charge is 2.02. The first kappa shape index (κ1) is 11.5. The molecule has 0 saturated heterocycles. The fourth-order valence-corrected chi connectivity index (χ4v) is 1.37. The number of nitrogens with zero attached hydrogens (tertiary/aromatic N) is 1. The summed E-state index contributed by atoms with van der Waals surface area (Å²) in [6.45, 7) is 0.132. The Morgan fingerprint density at radius 2 is 2.21 bits per heavy atom. The molecule has 1 aromatic rings. The number of pyridine rings is 1. The van der Waals surface area contributed by atoms with E-state index < -0.39 is 9.84 Å². The first-order valence-electron chi connectivity index (χ1n) is 3.89. The predicted molar refractivity (Wildman–Crippen MR) is 57.1 cm³/mol. The second-order valence-electron chi connectivity index (χ2n) is 2.79. The van der Waals surface area contributed by atoms with Crippen molar-refractivity contribution in [1.82, 2.24) is 4.98 Å². The maximum atomic E-state index is 10.8. The van der Waals surface area contributed by atoms with Crippen LogP contribution in [0.2, 0.25) is 0 Å². The van der Waals surface area contributed by atoms with E-state index in [2.05, 4.69) is 20.9 Å². The van der Waals surface area contributed by atoms with Crippen molar-refractivity contribution in [2.24, 2.45) is 0 Å². The summed E-state index contributed by atoms with van der Waals surface area (Å²) < 4.78 is 27.5. The summed E-state index contributed by atoms with van der Waals surface area (Å²) in [6, 6.07) is 3.45. The maximum absolute atomic E-state index is 10.8. The topological polar surface area (TPSA) is 56.3 Å². The lowest BCUT2D eigenvalue weighted by Gasteiger charge is -2.03. The van der Waals surface area contributed by atoms with Crippen LogP contribution >= 0.6 is 15.9 Å². The van der Waals surface area contributed by atoms with Gasteiger partial charge in [-0.05, 0) is 22.0 Å². The number of sulfone groups is 1. The highest BCUT2D eigenvalue weighted by Crippen LogP contribution is 2.11. The van der Waals surface area contributed by atoms with Crippen molar-refractivity contribution < 1.29 is 13.2 Å². The fourth-order valence-electron chi connectivity index (χ4n) is 0.745. The van der Waals surface area contributed by atoms with Crippen LogP contribution in [-0.4, -0.2) is 32.0 Å². The van der Waals surface area contributed by atoms with Gasteiger partial charge in [-0.1, -0.05) is 0 Å². The predicted octanol–water partition coefficient (Wildman–Crippen LogP) is 1.27. The molecule has 0 atom stereocenters. The molecule has 0 aliphatic carbocycles. The van der Waals surface area contributed by atoms with Gasteiger partial charge in [-0.25, -0.2) is 13.4 Å². The highest BCUT2D eigenvalue weighted by molar-refractivity contribution is 9.10. The molecule has 78 valence electrons. The Bertz CT molecular complexity index is 388. The molecule has 0 amide bonds. The van der Waals surface area contributed by atoms with E-state index in [9.17, 15) is 8.42 Å². The molecule has 0 spiro atoms. The van der Waals surface area contributed by atoms with Crippen LogP contribution in [0, 0.1) is 0 Å². The quantitative estimate of drug-likeness (QED) is 0.833. The molecule has 0 saturated carbocycles. The molecular weight excluding hydrogens is 270 g/mol. The van der Waals surface area contributed by atoms with E-state index in [1.165, 1.54) is 6.26 Å². The average molecular weight is 280 g/mol. The van der Waals surface area contributed by atoms with E-state index >= 15 is 0 Å². The number of hydrogen-bond acceptors (Lipinski definition) is 4. The van der Waals surface area contributed by atoms with Gasteiger partial charge in [0.25, 0.3) is 0 Å². The molecule has 4 nitrogen and oxygen atoms in total. The van der Waals surface area contributed by atoms with E-state index in [1.807, 2.05) is 0 Å². The number of halogens is 1. The molecule has 0 N–H and O–H groups in total. The van der Waals surface area contributed by atoms with Gasteiger partial charge in [0.15, 0.2) is 9.84 Å². The molecule has 0 radical (unpaired) electrons. The summed E-state index contributed by atoms with van der Waals surface area (Å²) in [5.41, 5.74) is 0. The van der Waals surface area contributed by atoms with E-state index in [1.54, 1.807) is 18.3 Å². The Morgan fingerprint density at radius 3 is 2.71 bits per heavy atom. The lowest BCUT2D eigenvalue weighted by atomic mass is 10.5. The largest absolute Gasteiger partial charge is 0.477 e. The van der Waals surface area contributed by atoms with Crippen molar-refractivity contribution >= 4 is 25.8 Å². The summed E-state index contributed by atoms with van der Waals surface area (Å²) in [5, 5.41) is 0. The summed E-state index contributed by atoms with van der Waals surface area (Å²) in [6.07, 6.45) is 2.77. The van der Waals surface area contributed by atoms with Gasteiger partial charge >= 0.3 is 0 Å². The molecule has 0 bridgehead atoms. The van der Waals surface area contributed by atoms with Crippen LogP contribution in [0.15, 0.2) is 22.8 Å². The van der Waals surface area contributed by atoms with Crippen molar-refractivity contribution in [3.05, 3.63) is 22.8 Å². The zero-order valence-electron chi connectivity index (χ0n) is 7.60. The standard InChI is InChI=1S/C8H10BrNO3S/c1-14(11,12)5-4-13-8-3-2-7(9)6-10-8/h2-3,6H,4-5H2,1H3. The lowest BCUT2D eigenvalue weighted by Crippen LogP contribution is -2.12. The fraction of sp³-hybridized carbons (Fsp3) is 0.375. The third-order valence-electron chi connectivity index (χ3n) is 1.40. The van der Waals surface area contributed by atoms with E-state index in [0.29, 0.717) is 5.88 Å². The summed E-state index contributed by atoms with van der Waals surface area (Å²) in [7, 11) is -2.96. The van der Waals surface area contributed by atoms with Crippen LogP contribution in [0.1, 0.15) is 0 Å². The smallest absolute Gasteiger partial charge is 0.213 e. The third-order valence-corrected chi connectivity index (χ3v) is 2.78. The van der Waals surface area contributed by atoms with Crippen LogP contribution in [0.5, 0.6) is 5.88 Å². The monoisotopic (exact) mass is 279 g/mol. The third kappa shape index (κ3) is 4.57. The van der Waals surface area contributed by atoms with Crippen LogP contribution in [0.25, 0.3) is 0 Å². The Kier molecular flexibility index (Phi) is 3.88. The van der Waals surface area contributed by atoms with Crippen molar-refractivity contribution in [2.45, 2.75) is 0 Å². The Balaban J connectivity index is 2.43. The van der Waals surface area contributed by atoms with Gasteiger partial charge in [-0.3, -0.25) is 0 Å². The van der Waals surface area contributed by atoms with Crippen molar-refractivity contribution in [3.8, 4) is 5.88 Å². The molecule has 0 fully saturated rings. The average Bonchev–Trinajstić information content (AvgIpc) is 2.06.